The number of non-ortho nitro benzene ring substituents is 1. The smallest absolute Gasteiger partial charge is 0.283 e. The van der Waals surface area contributed by atoms with Gasteiger partial charge in [0.2, 0.25) is 5.17 Å². The fraction of sp³-hybridized carbons (Fsp3) is 0.273. The van der Waals surface area contributed by atoms with E-state index in [1.807, 2.05) is 45.3 Å². The monoisotopic (exact) mass is 450 g/mol. The summed E-state index contributed by atoms with van der Waals surface area (Å²) in [6.07, 6.45) is 1.64. The molecule has 0 spiro atoms. The summed E-state index contributed by atoms with van der Waals surface area (Å²) in [5, 5.41) is 26.9. The number of rotatable bonds is 4. The number of benzene rings is 1. The lowest BCUT2D eigenvalue weighted by Gasteiger charge is -2.20. The van der Waals surface area contributed by atoms with Crippen LogP contribution in [0.15, 0.2) is 39.9 Å². The number of carbonyl (C=O) groups excluding carboxylic acids is 1. The molecule has 1 amide bonds. The third kappa shape index (κ3) is 3.56. The molecule has 1 aromatic carbocycles. The zero-order valence-electron chi connectivity index (χ0n) is 18.3. The zero-order valence-corrected chi connectivity index (χ0v) is 19.1. The number of hydrogen-bond acceptors (Lipinski definition) is 6. The van der Waals surface area contributed by atoms with Crippen molar-refractivity contribution in [2.45, 2.75) is 34.6 Å². The van der Waals surface area contributed by atoms with E-state index in [9.17, 15) is 14.9 Å². The van der Waals surface area contributed by atoms with Gasteiger partial charge in [-0.1, -0.05) is 19.9 Å². The molecule has 0 bridgehead atoms. The summed E-state index contributed by atoms with van der Waals surface area (Å²) < 4.78 is 1.92. The molecule has 32 heavy (non-hydrogen) atoms. The van der Waals surface area contributed by atoms with Crippen LogP contribution in [0.2, 0.25) is 0 Å². The van der Waals surface area contributed by atoms with Gasteiger partial charge < -0.3 is 4.57 Å². The molecule has 0 atom stereocenters. The zero-order chi connectivity index (χ0) is 23.3. The molecule has 9 nitrogen and oxygen atoms in total. The van der Waals surface area contributed by atoms with Crippen LogP contribution in [-0.4, -0.2) is 36.5 Å². The van der Waals surface area contributed by atoms with E-state index in [1.54, 1.807) is 18.2 Å². The highest BCUT2D eigenvalue weighted by atomic mass is 32.2. The second kappa shape index (κ2) is 7.86. The average Bonchev–Trinajstić information content (AvgIpc) is 3.27. The molecule has 164 valence electrons. The number of nitro benzene ring substituents is 1. The lowest BCUT2D eigenvalue weighted by atomic mass is 10.1. The van der Waals surface area contributed by atoms with Crippen molar-refractivity contribution in [2.75, 3.05) is 0 Å². The Hall–Kier alpha value is -3.53. The maximum absolute atomic E-state index is 12.7. The summed E-state index contributed by atoms with van der Waals surface area (Å²) >= 11 is 1.31. The normalized spacial score (nSPS) is 17.2. The van der Waals surface area contributed by atoms with E-state index < -0.39 is 10.8 Å². The SMILES string of the molecule is Cc1ccc([N+](=O)[O-])cc1-n1c(C)cc(C=C2C(=N)N3N=C(C(C)C)SC3=NC2=O)c1C. The molecular formula is C22H22N6O3S. The Bertz CT molecular complexity index is 1280. The number of aliphatic imine (C=N–C) groups is 1. The van der Waals surface area contributed by atoms with Crippen LogP contribution in [0.25, 0.3) is 11.8 Å². The van der Waals surface area contributed by atoms with Gasteiger partial charge >= 0.3 is 0 Å². The lowest BCUT2D eigenvalue weighted by molar-refractivity contribution is -0.384. The standard InChI is InChI=1S/C22H22N6O3S/c1-11(2)21-25-27-19(23)17(20(29)24-22(27)32-21)9-15-8-13(4)26(14(15)5)18-10-16(28(30)31)7-6-12(18)3/h6-11,23H,1-5H3. The van der Waals surface area contributed by atoms with Gasteiger partial charge in [0.25, 0.3) is 11.6 Å². The Balaban J connectivity index is 1.78. The number of hydrogen-bond donors (Lipinski definition) is 1. The number of aromatic nitrogens is 1. The highest BCUT2D eigenvalue weighted by Gasteiger charge is 2.36. The van der Waals surface area contributed by atoms with Crippen LogP contribution in [0, 0.1) is 42.2 Å². The van der Waals surface area contributed by atoms with Crippen molar-refractivity contribution in [3.8, 4) is 5.69 Å². The van der Waals surface area contributed by atoms with Gasteiger partial charge in [-0.3, -0.25) is 20.3 Å². The van der Waals surface area contributed by atoms with Crippen LogP contribution < -0.4 is 0 Å². The molecule has 0 saturated carbocycles. The van der Waals surface area contributed by atoms with E-state index in [1.165, 1.54) is 22.8 Å². The fourth-order valence-corrected chi connectivity index (χ4v) is 4.54. The number of amidine groups is 2. The molecule has 3 heterocycles. The van der Waals surface area contributed by atoms with Crippen LogP contribution in [0.3, 0.4) is 0 Å². The first kappa shape index (κ1) is 21.7. The number of aryl methyl sites for hydroxylation is 2. The summed E-state index contributed by atoms with van der Waals surface area (Å²) in [6, 6.07) is 6.63. The molecule has 4 rings (SSSR count). The van der Waals surface area contributed by atoms with Gasteiger partial charge in [-0.15, -0.1) is 0 Å². The molecule has 10 heteroatoms. The maximum atomic E-state index is 12.7. The molecule has 2 aromatic rings. The van der Waals surface area contributed by atoms with Crippen LogP contribution in [-0.2, 0) is 4.79 Å². The van der Waals surface area contributed by atoms with Gasteiger partial charge in [-0.2, -0.15) is 15.1 Å². The third-order valence-corrected chi connectivity index (χ3v) is 6.59. The summed E-state index contributed by atoms with van der Waals surface area (Å²) in [7, 11) is 0. The molecule has 0 unspecified atom stereocenters. The minimum absolute atomic E-state index is 0.00876. The van der Waals surface area contributed by atoms with Crippen molar-refractivity contribution >= 4 is 45.5 Å². The predicted molar refractivity (Wildman–Crippen MR) is 126 cm³/mol. The largest absolute Gasteiger partial charge is 0.317 e. The Morgan fingerprint density at radius 2 is 1.94 bits per heavy atom. The Labute approximate surface area is 189 Å². The van der Waals surface area contributed by atoms with Crippen molar-refractivity contribution < 1.29 is 9.72 Å². The van der Waals surface area contributed by atoms with E-state index in [2.05, 4.69) is 10.1 Å². The van der Waals surface area contributed by atoms with E-state index in [-0.39, 0.29) is 23.0 Å². The molecule has 1 N–H and O–H groups in total. The lowest BCUT2D eigenvalue weighted by Crippen LogP contribution is -2.35. The molecule has 2 aliphatic rings. The van der Waals surface area contributed by atoms with Gasteiger partial charge in [0.15, 0.2) is 5.84 Å². The Morgan fingerprint density at radius 1 is 1.22 bits per heavy atom. The summed E-state index contributed by atoms with van der Waals surface area (Å²) in [5.41, 5.74) is 4.14. The number of carbonyl (C=O) groups is 1. The number of nitro groups is 1. The molecule has 2 aliphatic heterocycles. The van der Waals surface area contributed by atoms with Crippen molar-refractivity contribution in [1.82, 2.24) is 9.58 Å². The van der Waals surface area contributed by atoms with Gasteiger partial charge in [0.1, 0.15) is 5.04 Å². The first-order valence-electron chi connectivity index (χ1n) is 10.0. The Morgan fingerprint density at radius 3 is 2.59 bits per heavy atom. The molecule has 0 saturated heterocycles. The first-order valence-corrected chi connectivity index (χ1v) is 10.8. The minimum atomic E-state index is -0.481. The summed E-state index contributed by atoms with van der Waals surface area (Å²) in [4.78, 5) is 27.7. The van der Waals surface area contributed by atoms with Gasteiger partial charge in [0.05, 0.1) is 16.2 Å². The number of hydrazone groups is 1. The molecule has 0 aliphatic carbocycles. The third-order valence-electron chi connectivity index (χ3n) is 5.38. The quantitative estimate of drug-likeness (QED) is 0.415. The topological polar surface area (TPSA) is 117 Å². The number of fused-ring (bicyclic) bond motifs is 1. The van der Waals surface area contributed by atoms with E-state index in [4.69, 9.17) is 5.41 Å². The highest BCUT2D eigenvalue weighted by Crippen LogP contribution is 2.32. The predicted octanol–water partition coefficient (Wildman–Crippen LogP) is 4.59. The second-order valence-electron chi connectivity index (χ2n) is 8.00. The van der Waals surface area contributed by atoms with E-state index >= 15 is 0 Å². The van der Waals surface area contributed by atoms with Crippen LogP contribution in [0.4, 0.5) is 5.69 Å². The fourth-order valence-electron chi connectivity index (χ4n) is 3.65. The second-order valence-corrected chi connectivity index (χ2v) is 8.99. The molecule has 0 radical (unpaired) electrons. The first-order chi connectivity index (χ1) is 15.1. The molecular weight excluding hydrogens is 428 g/mol. The number of nitrogens with one attached hydrogen (secondary N) is 1. The van der Waals surface area contributed by atoms with Crippen molar-refractivity contribution in [3.63, 3.8) is 0 Å². The number of thioether (sulfide) groups is 1. The van der Waals surface area contributed by atoms with Crippen LogP contribution in [0.5, 0.6) is 0 Å². The maximum Gasteiger partial charge on any atom is 0.283 e. The van der Waals surface area contributed by atoms with Gasteiger partial charge in [-0.25, -0.2) is 0 Å². The summed E-state index contributed by atoms with van der Waals surface area (Å²) in [5.74, 6) is -0.328. The van der Waals surface area contributed by atoms with Crippen molar-refractivity contribution in [1.29, 1.82) is 5.41 Å². The van der Waals surface area contributed by atoms with Crippen molar-refractivity contribution in [2.24, 2.45) is 16.0 Å². The minimum Gasteiger partial charge on any atom is -0.317 e. The molecule has 0 fully saturated rings. The molecule has 1 aromatic heterocycles. The number of amides is 1. The van der Waals surface area contributed by atoms with Crippen LogP contribution >= 0.6 is 11.8 Å². The van der Waals surface area contributed by atoms with Gasteiger partial charge in [0, 0.05) is 29.4 Å². The highest BCUT2D eigenvalue weighted by molar-refractivity contribution is 8.27. The van der Waals surface area contributed by atoms with Crippen LogP contribution in [0.1, 0.15) is 36.4 Å². The van der Waals surface area contributed by atoms with E-state index in [0.717, 1.165) is 27.6 Å². The van der Waals surface area contributed by atoms with E-state index in [0.29, 0.717) is 10.9 Å². The Kier molecular flexibility index (Phi) is 5.33. The number of nitrogens with zero attached hydrogens (tertiary/aromatic N) is 5. The summed E-state index contributed by atoms with van der Waals surface area (Å²) in [6.45, 7) is 9.66. The average molecular weight is 451 g/mol. The van der Waals surface area contributed by atoms with Gasteiger partial charge in [-0.05, 0) is 55.8 Å². The van der Waals surface area contributed by atoms with Crippen molar-refractivity contribution in [3.05, 3.63) is 62.5 Å².